The van der Waals surface area contributed by atoms with Gasteiger partial charge in [-0.05, 0) is 23.6 Å². The highest BCUT2D eigenvalue weighted by atomic mass is 16.5. The van der Waals surface area contributed by atoms with Crippen LogP contribution in [0.2, 0.25) is 0 Å². The fourth-order valence-electron chi connectivity index (χ4n) is 1.70. The van der Waals surface area contributed by atoms with Gasteiger partial charge < -0.3 is 4.74 Å². The second-order valence-corrected chi connectivity index (χ2v) is 3.32. The smallest absolute Gasteiger partial charge is 0.293 e. The predicted molar refractivity (Wildman–Crippen MR) is 49.9 cm³/mol. The van der Waals surface area contributed by atoms with Crippen molar-refractivity contribution in [3.8, 4) is 0 Å². The van der Waals surface area contributed by atoms with E-state index in [1.807, 2.05) is 18.2 Å². The Morgan fingerprint density at radius 1 is 1.36 bits per heavy atom. The summed E-state index contributed by atoms with van der Waals surface area (Å²) < 4.78 is 4.62. The van der Waals surface area contributed by atoms with E-state index in [0.717, 1.165) is 23.1 Å². The van der Waals surface area contributed by atoms with E-state index in [-0.39, 0.29) is 12.4 Å². The number of fused-ring (bicyclic) bond motifs is 1. The Hall–Kier alpha value is -1.64. The number of aryl methyl sites for hydroxylation is 1. The number of hydrogen-bond donors (Lipinski definition) is 0. The van der Waals surface area contributed by atoms with E-state index in [9.17, 15) is 9.59 Å². The van der Waals surface area contributed by atoms with Gasteiger partial charge in [-0.1, -0.05) is 12.1 Å². The molecule has 0 saturated carbocycles. The third-order valence-electron chi connectivity index (χ3n) is 2.41. The first-order valence-corrected chi connectivity index (χ1v) is 4.51. The predicted octanol–water partition coefficient (Wildman–Crippen LogP) is 1.49. The van der Waals surface area contributed by atoms with Gasteiger partial charge in [-0.25, -0.2) is 0 Å². The summed E-state index contributed by atoms with van der Waals surface area (Å²) in [7, 11) is 0. The van der Waals surface area contributed by atoms with Crippen LogP contribution in [-0.4, -0.2) is 12.3 Å². The Balaban J connectivity index is 2.25. The van der Waals surface area contributed by atoms with Gasteiger partial charge in [0.15, 0.2) is 5.78 Å². The van der Waals surface area contributed by atoms with Crippen molar-refractivity contribution >= 4 is 12.3 Å². The maximum Gasteiger partial charge on any atom is 0.293 e. The van der Waals surface area contributed by atoms with Gasteiger partial charge in [0.25, 0.3) is 6.47 Å². The monoisotopic (exact) mass is 190 g/mol. The van der Waals surface area contributed by atoms with E-state index in [4.69, 9.17) is 0 Å². The van der Waals surface area contributed by atoms with Crippen LogP contribution in [0, 0.1) is 0 Å². The summed E-state index contributed by atoms with van der Waals surface area (Å²) in [4.78, 5) is 21.4. The molecule has 3 nitrogen and oxygen atoms in total. The average molecular weight is 190 g/mol. The van der Waals surface area contributed by atoms with Crippen molar-refractivity contribution in [3.05, 3.63) is 34.9 Å². The highest BCUT2D eigenvalue weighted by Gasteiger charge is 2.19. The SMILES string of the molecule is O=COCc1ccc2c(c1)C(=O)CC2. The summed E-state index contributed by atoms with van der Waals surface area (Å²) >= 11 is 0. The minimum absolute atomic E-state index is 0.188. The number of carbonyl (C=O) groups is 2. The number of rotatable bonds is 3. The summed E-state index contributed by atoms with van der Waals surface area (Å²) in [5.74, 6) is 0.188. The summed E-state index contributed by atoms with van der Waals surface area (Å²) in [5, 5.41) is 0. The molecule has 72 valence electrons. The molecule has 14 heavy (non-hydrogen) atoms. The molecule has 0 amide bonds. The molecule has 0 heterocycles. The topological polar surface area (TPSA) is 43.4 Å². The van der Waals surface area contributed by atoms with Crippen LogP contribution in [0.25, 0.3) is 0 Å². The molecule has 0 spiro atoms. The number of ether oxygens (including phenoxy) is 1. The van der Waals surface area contributed by atoms with Gasteiger partial charge in [0.1, 0.15) is 6.61 Å². The van der Waals surface area contributed by atoms with Crippen molar-refractivity contribution in [2.24, 2.45) is 0 Å². The van der Waals surface area contributed by atoms with E-state index in [0.29, 0.717) is 12.9 Å². The van der Waals surface area contributed by atoms with Crippen molar-refractivity contribution in [2.75, 3.05) is 0 Å². The molecule has 2 rings (SSSR count). The van der Waals surface area contributed by atoms with E-state index in [1.54, 1.807) is 0 Å². The van der Waals surface area contributed by atoms with Gasteiger partial charge in [-0.3, -0.25) is 9.59 Å². The molecule has 1 aliphatic carbocycles. The quantitative estimate of drug-likeness (QED) is 0.678. The van der Waals surface area contributed by atoms with Crippen LogP contribution in [0.4, 0.5) is 0 Å². The Morgan fingerprint density at radius 2 is 2.21 bits per heavy atom. The molecule has 0 fully saturated rings. The number of ketones is 1. The highest BCUT2D eigenvalue weighted by Crippen LogP contribution is 2.23. The molecule has 0 atom stereocenters. The molecular weight excluding hydrogens is 180 g/mol. The fourth-order valence-corrected chi connectivity index (χ4v) is 1.70. The van der Waals surface area contributed by atoms with Gasteiger partial charge in [0.2, 0.25) is 0 Å². The Morgan fingerprint density at radius 3 is 3.00 bits per heavy atom. The Bertz CT molecular complexity index is 382. The Kier molecular flexibility index (Phi) is 2.31. The minimum atomic E-state index is 0.188. The van der Waals surface area contributed by atoms with E-state index < -0.39 is 0 Å². The van der Waals surface area contributed by atoms with Crippen molar-refractivity contribution < 1.29 is 14.3 Å². The lowest BCUT2D eigenvalue weighted by molar-refractivity contribution is -0.129. The molecule has 1 aromatic rings. The van der Waals surface area contributed by atoms with Gasteiger partial charge in [-0.15, -0.1) is 0 Å². The third-order valence-corrected chi connectivity index (χ3v) is 2.41. The summed E-state index contributed by atoms with van der Waals surface area (Å²) in [6.07, 6.45) is 1.44. The fraction of sp³-hybridized carbons (Fsp3) is 0.273. The normalized spacial score (nSPS) is 13.9. The maximum absolute atomic E-state index is 11.4. The molecule has 0 unspecified atom stereocenters. The van der Waals surface area contributed by atoms with E-state index in [1.165, 1.54) is 0 Å². The van der Waals surface area contributed by atoms with Gasteiger partial charge in [0.05, 0.1) is 0 Å². The zero-order valence-corrected chi connectivity index (χ0v) is 7.66. The summed E-state index contributed by atoms with van der Waals surface area (Å²) in [5.41, 5.74) is 2.76. The number of hydrogen-bond acceptors (Lipinski definition) is 3. The lowest BCUT2D eigenvalue weighted by Crippen LogP contribution is -1.95. The van der Waals surface area contributed by atoms with Crippen molar-refractivity contribution in [3.63, 3.8) is 0 Å². The van der Waals surface area contributed by atoms with Crippen LogP contribution >= 0.6 is 0 Å². The second kappa shape index (κ2) is 3.62. The number of benzene rings is 1. The van der Waals surface area contributed by atoms with Crippen LogP contribution in [-0.2, 0) is 22.6 Å². The molecular formula is C11H10O3. The third kappa shape index (κ3) is 1.53. The molecule has 3 heteroatoms. The lowest BCUT2D eigenvalue weighted by Gasteiger charge is -2.02. The second-order valence-electron chi connectivity index (χ2n) is 3.32. The first-order valence-electron chi connectivity index (χ1n) is 4.51. The summed E-state index contributed by atoms with van der Waals surface area (Å²) in [6, 6.07) is 5.64. The first kappa shape index (κ1) is 8.94. The van der Waals surface area contributed by atoms with Crippen molar-refractivity contribution in [1.82, 2.24) is 0 Å². The Labute approximate surface area is 81.7 Å². The van der Waals surface area contributed by atoms with Crippen LogP contribution in [0.3, 0.4) is 0 Å². The number of Topliss-reactive ketones (excluding diaryl/α,β-unsaturated/α-hetero) is 1. The van der Waals surface area contributed by atoms with Crippen LogP contribution in [0.1, 0.15) is 27.9 Å². The van der Waals surface area contributed by atoms with Crippen LogP contribution in [0.5, 0.6) is 0 Å². The standard InChI is InChI=1S/C11H10O3/c12-7-14-6-8-1-2-9-3-4-11(13)10(9)5-8/h1-2,5,7H,3-4,6H2. The average Bonchev–Trinajstić information content (AvgIpc) is 2.57. The highest BCUT2D eigenvalue weighted by molar-refractivity contribution is 6.00. The molecule has 0 aliphatic heterocycles. The van der Waals surface area contributed by atoms with Crippen molar-refractivity contribution in [1.29, 1.82) is 0 Å². The van der Waals surface area contributed by atoms with E-state index >= 15 is 0 Å². The van der Waals surface area contributed by atoms with Crippen molar-refractivity contribution in [2.45, 2.75) is 19.4 Å². The molecule has 0 bridgehead atoms. The maximum atomic E-state index is 11.4. The molecule has 0 aromatic heterocycles. The zero-order chi connectivity index (χ0) is 9.97. The molecule has 0 radical (unpaired) electrons. The lowest BCUT2D eigenvalue weighted by atomic mass is 10.1. The van der Waals surface area contributed by atoms with Gasteiger partial charge in [0, 0.05) is 12.0 Å². The van der Waals surface area contributed by atoms with Gasteiger partial charge >= 0.3 is 0 Å². The van der Waals surface area contributed by atoms with Crippen LogP contribution in [0.15, 0.2) is 18.2 Å². The van der Waals surface area contributed by atoms with Gasteiger partial charge in [-0.2, -0.15) is 0 Å². The molecule has 1 aromatic carbocycles. The first-order chi connectivity index (χ1) is 6.81. The minimum Gasteiger partial charge on any atom is -0.463 e. The molecule has 0 N–H and O–H groups in total. The van der Waals surface area contributed by atoms with E-state index in [2.05, 4.69) is 4.74 Å². The zero-order valence-electron chi connectivity index (χ0n) is 7.66. The largest absolute Gasteiger partial charge is 0.463 e. The molecule has 0 saturated heterocycles. The van der Waals surface area contributed by atoms with Crippen LogP contribution < -0.4 is 0 Å². The summed E-state index contributed by atoms with van der Waals surface area (Å²) in [6.45, 7) is 0.652. The number of carbonyl (C=O) groups excluding carboxylic acids is 2. The molecule has 1 aliphatic rings.